The Morgan fingerprint density at radius 2 is 2.19 bits per heavy atom. The predicted octanol–water partition coefficient (Wildman–Crippen LogP) is 4.26. The van der Waals surface area contributed by atoms with Crippen LogP contribution in [-0.4, -0.2) is 32.1 Å². The maximum Gasteiger partial charge on any atom is 0.223 e. The van der Waals surface area contributed by atoms with E-state index in [9.17, 15) is 4.79 Å². The van der Waals surface area contributed by atoms with Gasteiger partial charge in [-0.1, -0.05) is 19.9 Å². The number of hydrogen-bond donors (Lipinski definition) is 0. The fourth-order valence-corrected chi connectivity index (χ4v) is 4.28. The molecule has 1 aliphatic rings. The van der Waals surface area contributed by atoms with Crippen molar-refractivity contribution in [1.82, 2.24) is 19.7 Å². The third-order valence-corrected chi connectivity index (χ3v) is 5.81. The summed E-state index contributed by atoms with van der Waals surface area (Å²) < 4.78 is 8.07. The highest BCUT2D eigenvalue weighted by Gasteiger charge is 2.29. The molecule has 0 saturated heterocycles. The van der Waals surface area contributed by atoms with Crippen molar-refractivity contribution >= 4 is 17.2 Å². The molecule has 0 bridgehead atoms. The first kappa shape index (κ1) is 18.0. The fraction of sp³-hybridized carbons (Fsp3) is 0.450. The monoisotopic (exact) mass is 384 g/mol. The van der Waals surface area contributed by atoms with Crippen molar-refractivity contribution in [2.24, 2.45) is 0 Å². The SMILES string of the molecule is CC(C)c1nnc2n1[C@@H](C)CN(C(=O)CCc1ccc(-c3cccs3)o1)C2. The number of aryl methyl sites for hydroxylation is 1. The zero-order chi connectivity index (χ0) is 19.0. The highest BCUT2D eigenvalue weighted by molar-refractivity contribution is 7.13. The second-order valence-corrected chi connectivity index (χ2v) is 8.31. The first-order valence-corrected chi connectivity index (χ1v) is 10.2. The molecule has 0 aliphatic carbocycles. The highest BCUT2D eigenvalue weighted by atomic mass is 32.1. The first-order valence-electron chi connectivity index (χ1n) is 9.37. The summed E-state index contributed by atoms with van der Waals surface area (Å²) in [5.74, 6) is 4.06. The van der Waals surface area contributed by atoms with E-state index in [-0.39, 0.29) is 11.9 Å². The number of nitrogens with zero attached hydrogens (tertiary/aromatic N) is 4. The van der Waals surface area contributed by atoms with Crippen molar-refractivity contribution in [3.8, 4) is 10.6 Å². The van der Waals surface area contributed by atoms with Gasteiger partial charge in [-0.2, -0.15) is 0 Å². The van der Waals surface area contributed by atoms with Gasteiger partial charge in [-0.25, -0.2) is 0 Å². The van der Waals surface area contributed by atoms with Crippen LogP contribution in [0.1, 0.15) is 56.6 Å². The number of amides is 1. The van der Waals surface area contributed by atoms with Gasteiger partial charge in [-0.3, -0.25) is 4.79 Å². The minimum atomic E-state index is 0.135. The summed E-state index contributed by atoms with van der Waals surface area (Å²) in [7, 11) is 0. The second-order valence-electron chi connectivity index (χ2n) is 7.37. The first-order chi connectivity index (χ1) is 13.0. The molecular formula is C20H24N4O2S. The van der Waals surface area contributed by atoms with Crippen LogP contribution in [0.5, 0.6) is 0 Å². The Labute approximate surface area is 162 Å². The van der Waals surface area contributed by atoms with E-state index in [0.717, 1.165) is 28.0 Å². The van der Waals surface area contributed by atoms with Crippen LogP contribution >= 0.6 is 11.3 Å². The van der Waals surface area contributed by atoms with E-state index >= 15 is 0 Å². The standard InChI is InChI=1S/C20H24N4O2S/c1-13(2)20-22-21-18-12-23(11-14(3)24(18)20)19(25)9-7-15-6-8-16(26-15)17-5-4-10-27-17/h4-6,8,10,13-14H,7,9,11-12H2,1-3H3/t14-/m0/s1. The molecule has 27 heavy (non-hydrogen) atoms. The summed E-state index contributed by atoms with van der Waals surface area (Å²) in [5, 5.41) is 10.7. The van der Waals surface area contributed by atoms with Crippen molar-refractivity contribution in [2.45, 2.75) is 52.1 Å². The van der Waals surface area contributed by atoms with Crippen molar-refractivity contribution in [1.29, 1.82) is 0 Å². The fourth-order valence-electron chi connectivity index (χ4n) is 3.60. The van der Waals surface area contributed by atoms with Crippen LogP contribution in [0.3, 0.4) is 0 Å². The Morgan fingerprint density at radius 1 is 1.33 bits per heavy atom. The molecule has 7 heteroatoms. The van der Waals surface area contributed by atoms with Crippen molar-refractivity contribution in [3.63, 3.8) is 0 Å². The van der Waals surface area contributed by atoms with Crippen LogP contribution < -0.4 is 0 Å². The molecule has 3 aromatic rings. The molecule has 1 aliphatic heterocycles. The van der Waals surface area contributed by atoms with Gasteiger partial charge in [-0.05, 0) is 30.5 Å². The van der Waals surface area contributed by atoms with Gasteiger partial charge in [0.1, 0.15) is 17.3 Å². The van der Waals surface area contributed by atoms with E-state index < -0.39 is 0 Å². The van der Waals surface area contributed by atoms with Gasteiger partial charge >= 0.3 is 0 Å². The minimum Gasteiger partial charge on any atom is -0.460 e. The molecule has 0 spiro atoms. The Kier molecular flexibility index (Phi) is 4.86. The molecule has 4 rings (SSSR count). The zero-order valence-electron chi connectivity index (χ0n) is 15.9. The van der Waals surface area contributed by atoms with E-state index in [1.807, 2.05) is 34.5 Å². The smallest absolute Gasteiger partial charge is 0.223 e. The normalized spacial score (nSPS) is 16.7. The van der Waals surface area contributed by atoms with E-state index in [4.69, 9.17) is 4.42 Å². The molecule has 1 amide bonds. The minimum absolute atomic E-state index is 0.135. The zero-order valence-corrected chi connectivity index (χ0v) is 16.7. The van der Waals surface area contributed by atoms with E-state index in [1.165, 1.54) is 0 Å². The van der Waals surface area contributed by atoms with Gasteiger partial charge in [0.25, 0.3) is 0 Å². The van der Waals surface area contributed by atoms with Gasteiger partial charge in [0, 0.05) is 25.3 Å². The molecule has 0 aromatic carbocycles. The number of hydrogen-bond acceptors (Lipinski definition) is 5. The average molecular weight is 385 g/mol. The molecule has 6 nitrogen and oxygen atoms in total. The third kappa shape index (κ3) is 3.56. The number of thiophene rings is 1. The van der Waals surface area contributed by atoms with Gasteiger partial charge in [-0.15, -0.1) is 21.5 Å². The maximum atomic E-state index is 12.7. The Balaban J connectivity index is 1.39. The lowest BCUT2D eigenvalue weighted by molar-refractivity contribution is -0.133. The Bertz CT molecular complexity index is 926. The lowest BCUT2D eigenvalue weighted by Crippen LogP contribution is -2.41. The lowest BCUT2D eigenvalue weighted by atomic mass is 10.1. The second kappa shape index (κ2) is 7.31. The van der Waals surface area contributed by atoms with Crippen molar-refractivity contribution in [3.05, 3.63) is 47.1 Å². The molecule has 0 saturated carbocycles. The quantitative estimate of drug-likeness (QED) is 0.659. The molecule has 0 radical (unpaired) electrons. The maximum absolute atomic E-state index is 12.7. The third-order valence-electron chi connectivity index (χ3n) is 4.93. The number of aromatic nitrogens is 3. The summed E-state index contributed by atoms with van der Waals surface area (Å²) in [5.41, 5.74) is 0. The summed E-state index contributed by atoms with van der Waals surface area (Å²) in [6.07, 6.45) is 1.05. The number of rotatable bonds is 5. The molecule has 0 fully saturated rings. The Hall–Kier alpha value is -2.41. The largest absolute Gasteiger partial charge is 0.460 e. The molecule has 0 N–H and O–H groups in total. The van der Waals surface area contributed by atoms with Gasteiger partial charge in [0.15, 0.2) is 5.82 Å². The van der Waals surface area contributed by atoms with Crippen LogP contribution in [0.15, 0.2) is 34.1 Å². The number of furan rings is 1. The average Bonchev–Trinajstić information content (AvgIpc) is 3.38. The summed E-state index contributed by atoms with van der Waals surface area (Å²) in [6.45, 7) is 7.59. The van der Waals surface area contributed by atoms with E-state index in [0.29, 0.717) is 31.8 Å². The molecule has 0 unspecified atom stereocenters. The van der Waals surface area contributed by atoms with Crippen LogP contribution in [0.25, 0.3) is 10.6 Å². The van der Waals surface area contributed by atoms with E-state index in [2.05, 4.69) is 35.5 Å². The highest BCUT2D eigenvalue weighted by Crippen LogP contribution is 2.28. The predicted molar refractivity (Wildman–Crippen MR) is 105 cm³/mol. The van der Waals surface area contributed by atoms with Crippen molar-refractivity contribution < 1.29 is 9.21 Å². The molecule has 4 heterocycles. The number of carbonyl (C=O) groups is 1. The Morgan fingerprint density at radius 3 is 2.93 bits per heavy atom. The van der Waals surface area contributed by atoms with Gasteiger partial charge < -0.3 is 13.9 Å². The van der Waals surface area contributed by atoms with Crippen LogP contribution in [0.4, 0.5) is 0 Å². The van der Waals surface area contributed by atoms with Crippen LogP contribution in [-0.2, 0) is 17.8 Å². The van der Waals surface area contributed by atoms with Gasteiger partial charge in [0.05, 0.1) is 17.5 Å². The van der Waals surface area contributed by atoms with Gasteiger partial charge in [0.2, 0.25) is 5.91 Å². The molecule has 1 atom stereocenters. The summed E-state index contributed by atoms with van der Waals surface area (Å²) >= 11 is 1.65. The van der Waals surface area contributed by atoms with Crippen LogP contribution in [0.2, 0.25) is 0 Å². The summed E-state index contributed by atoms with van der Waals surface area (Å²) in [6, 6.07) is 8.18. The lowest BCUT2D eigenvalue weighted by Gasteiger charge is -2.33. The van der Waals surface area contributed by atoms with Crippen LogP contribution in [0, 0.1) is 0 Å². The van der Waals surface area contributed by atoms with E-state index in [1.54, 1.807) is 11.3 Å². The molecule has 3 aromatic heterocycles. The number of carbonyl (C=O) groups excluding carboxylic acids is 1. The topological polar surface area (TPSA) is 64.2 Å². The van der Waals surface area contributed by atoms with Crippen molar-refractivity contribution in [2.75, 3.05) is 6.54 Å². The molecule has 142 valence electrons. The molecular weight excluding hydrogens is 360 g/mol. The summed E-state index contributed by atoms with van der Waals surface area (Å²) in [4.78, 5) is 15.7. The number of fused-ring (bicyclic) bond motifs is 1.